The van der Waals surface area contributed by atoms with Crippen LogP contribution in [0.5, 0.6) is 0 Å². The highest BCUT2D eigenvalue weighted by Crippen LogP contribution is 2.44. The minimum Gasteiger partial charge on any atom is -0.434 e. The zero-order chi connectivity index (χ0) is 24.2. The fourth-order valence-electron chi connectivity index (χ4n) is 3.99. The van der Waals surface area contributed by atoms with E-state index in [1.807, 2.05) is 44.2 Å². The van der Waals surface area contributed by atoms with Crippen molar-refractivity contribution in [2.24, 2.45) is 5.92 Å². The smallest absolute Gasteiger partial charge is 0.305 e. The van der Waals surface area contributed by atoms with Crippen LogP contribution in [0.4, 0.5) is 11.4 Å². The topological polar surface area (TPSA) is 106 Å². The summed E-state index contributed by atoms with van der Waals surface area (Å²) < 4.78 is 10.6. The normalized spacial score (nSPS) is 19.4. The first-order chi connectivity index (χ1) is 16.3. The Morgan fingerprint density at radius 2 is 1.91 bits per heavy atom. The number of nitrogens with one attached hydrogen (secondary N) is 3. The van der Waals surface area contributed by atoms with E-state index in [2.05, 4.69) is 16.0 Å². The molecule has 2 aromatic carbocycles. The van der Waals surface area contributed by atoms with Crippen LogP contribution < -0.4 is 16.0 Å². The average Bonchev–Trinajstić information content (AvgIpc) is 3.22. The molecule has 0 spiro atoms. The lowest BCUT2D eigenvalue weighted by Crippen LogP contribution is -2.52. The number of esters is 1. The Morgan fingerprint density at radius 1 is 1.15 bits per heavy atom. The molecule has 2 aromatic rings. The average molecular weight is 484 g/mol. The molecule has 1 saturated heterocycles. The summed E-state index contributed by atoms with van der Waals surface area (Å²) in [4.78, 5) is 39.6. The second-order valence-corrected chi connectivity index (χ2v) is 9.93. The molecule has 2 aliphatic rings. The van der Waals surface area contributed by atoms with E-state index in [0.717, 1.165) is 21.2 Å². The van der Waals surface area contributed by atoms with Crippen molar-refractivity contribution < 1.29 is 23.9 Å². The Morgan fingerprint density at radius 3 is 2.68 bits per heavy atom. The molecular formula is C25H29N3O5S. The van der Waals surface area contributed by atoms with Crippen molar-refractivity contribution in [3.63, 3.8) is 0 Å². The van der Waals surface area contributed by atoms with E-state index in [1.165, 1.54) is 6.92 Å². The molecule has 1 fully saturated rings. The molecule has 2 heterocycles. The van der Waals surface area contributed by atoms with Crippen LogP contribution in [-0.4, -0.2) is 42.8 Å². The van der Waals surface area contributed by atoms with Crippen LogP contribution in [0.2, 0.25) is 0 Å². The van der Waals surface area contributed by atoms with Gasteiger partial charge in [-0.05, 0) is 49.1 Å². The maximum Gasteiger partial charge on any atom is 0.305 e. The van der Waals surface area contributed by atoms with Crippen LogP contribution in [0.3, 0.4) is 0 Å². The van der Waals surface area contributed by atoms with Gasteiger partial charge in [0.05, 0.1) is 24.0 Å². The van der Waals surface area contributed by atoms with Gasteiger partial charge in [-0.25, -0.2) is 0 Å². The molecule has 0 bridgehead atoms. The van der Waals surface area contributed by atoms with Gasteiger partial charge in [0.15, 0.2) is 0 Å². The van der Waals surface area contributed by atoms with Crippen LogP contribution in [0.25, 0.3) is 0 Å². The SMILES string of the molecule is CC(=O)O[C@@H]1OCC[C@@H]1NC(=O)[C@@H](CC(C)C)NC(=O)c1ccc2c(c1)Nc1ccccc1S2. The highest BCUT2D eigenvalue weighted by Gasteiger charge is 2.34. The van der Waals surface area contributed by atoms with Crippen LogP contribution >= 0.6 is 11.8 Å². The van der Waals surface area contributed by atoms with Crippen LogP contribution in [0.1, 0.15) is 44.0 Å². The third kappa shape index (κ3) is 5.71. The molecule has 9 heteroatoms. The summed E-state index contributed by atoms with van der Waals surface area (Å²) in [5.41, 5.74) is 2.32. The molecular weight excluding hydrogens is 454 g/mol. The highest BCUT2D eigenvalue weighted by atomic mass is 32.2. The van der Waals surface area contributed by atoms with Crippen molar-refractivity contribution in [1.82, 2.24) is 10.6 Å². The van der Waals surface area contributed by atoms with Crippen molar-refractivity contribution in [3.8, 4) is 0 Å². The highest BCUT2D eigenvalue weighted by molar-refractivity contribution is 7.99. The van der Waals surface area contributed by atoms with Crippen molar-refractivity contribution in [2.75, 3.05) is 11.9 Å². The number of carbonyl (C=O) groups is 3. The predicted octanol–water partition coefficient (Wildman–Crippen LogP) is 3.83. The van der Waals surface area contributed by atoms with Gasteiger partial charge in [-0.1, -0.05) is 37.7 Å². The maximum atomic E-state index is 13.1. The third-order valence-electron chi connectivity index (χ3n) is 5.60. The van der Waals surface area contributed by atoms with Crippen molar-refractivity contribution in [3.05, 3.63) is 48.0 Å². The Hall–Kier alpha value is -3.04. The fourth-order valence-corrected chi connectivity index (χ4v) is 4.96. The summed E-state index contributed by atoms with van der Waals surface area (Å²) in [7, 11) is 0. The molecule has 2 amide bonds. The summed E-state index contributed by atoms with van der Waals surface area (Å²) in [6.45, 7) is 5.66. The molecule has 34 heavy (non-hydrogen) atoms. The number of hydrogen-bond donors (Lipinski definition) is 3. The largest absolute Gasteiger partial charge is 0.434 e. The Bertz CT molecular complexity index is 1090. The van der Waals surface area contributed by atoms with E-state index in [9.17, 15) is 14.4 Å². The van der Waals surface area contributed by atoms with Gasteiger partial charge in [0.2, 0.25) is 12.2 Å². The predicted molar refractivity (Wildman–Crippen MR) is 129 cm³/mol. The number of amides is 2. The molecule has 8 nitrogen and oxygen atoms in total. The molecule has 0 saturated carbocycles. The number of ether oxygens (including phenoxy) is 2. The molecule has 0 aliphatic carbocycles. The first-order valence-electron chi connectivity index (χ1n) is 11.4. The van der Waals surface area contributed by atoms with Crippen LogP contribution in [0, 0.1) is 5.92 Å². The van der Waals surface area contributed by atoms with E-state index < -0.39 is 24.3 Å². The van der Waals surface area contributed by atoms with Gasteiger partial charge < -0.3 is 25.4 Å². The standard InChI is InChI=1S/C25H29N3O5S/c1-14(2)12-20(24(31)27-18-10-11-32-25(18)33-15(3)29)28-23(30)16-8-9-22-19(13-16)26-17-6-4-5-7-21(17)34-22/h4-9,13-14,18,20,25-26H,10-12H2,1-3H3,(H,27,31)(H,28,30)/t18-,20+,25-/m0/s1. The Labute approximate surface area is 203 Å². The van der Waals surface area contributed by atoms with Crippen LogP contribution in [-0.2, 0) is 19.1 Å². The number of rotatable bonds is 7. The minimum absolute atomic E-state index is 0.179. The quantitative estimate of drug-likeness (QED) is 0.439. The van der Waals surface area contributed by atoms with E-state index in [4.69, 9.17) is 9.47 Å². The van der Waals surface area contributed by atoms with Gasteiger partial charge in [0, 0.05) is 22.3 Å². The van der Waals surface area contributed by atoms with E-state index in [1.54, 1.807) is 23.9 Å². The van der Waals surface area contributed by atoms with Crippen molar-refractivity contribution >= 4 is 40.9 Å². The summed E-state index contributed by atoms with van der Waals surface area (Å²) in [5.74, 6) is -0.943. The van der Waals surface area contributed by atoms with Gasteiger partial charge >= 0.3 is 5.97 Å². The van der Waals surface area contributed by atoms with Crippen molar-refractivity contribution in [2.45, 2.75) is 61.8 Å². The van der Waals surface area contributed by atoms with E-state index in [0.29, 0.717) is 25.0 Å². The zero-order valence-corrected chi connectivity index (χ0v) is 20.2. The third-order valence-corrected chi connectivity index (χ3v) is 6.75. The summed E-state index contributed by atoms with van der Waals surface area (Å²) in [6, 6.07) is 12.3. The van der Waals surface area contributed by atoms with Gasteiger partial charge in [0.25, 0.3) is 5.91 Å². The molecule has 2 aliphatic heterocycles. The molecule has 3 atom stereocenters. The molecule has 4 rings (SSSR count). The molecule has 0 aromatic heterocycles. The minimum atomic E-state index is -0.816. The number of anilines is 2. The monoisotopic (exact) mass is 483 g/mol. The number of hydrogen-bond acceptors (Lipinski definition) is 7. The zero-order valence-electron chi connectivity index (χ0n) is 19.4. The number of carbonyl (C=O) groups excluding carboxylic acids is 3. The van der Waals surface area contributed by atoms with Gasteiger partial charge in [-0.3, -0.25) is 14.4 Å². The lowest BCUT2D eigenvalue weighted by Gasteiger charge is -2.25. The summed E-state index contributed by atoms with van der Waals surface area (Å²) in [5, 5.41) is 9.15. The number of fused-ring (bicyclic) bond motifs is 2. The molecule has 0 radical (unpaired) electrons. The van der Waals surface area contributed by atoms with E-state index in [-0.39, 0.29) is 17.7 Å². The molecule has 3 N–H and O–H groups in total. The van der Waals surface area contributed by atoms with Gasteiger partial charge in [0.1, 0.15) is 6.04 Å². The lowest BCUT2D eigenvalue weighted by molar-refractivity contribution is -0.170. The number of para-hydroxylation sites is 1. The second-order valence-electron chi connectivity index (χ2n) is 8.84. The van der Waals surface area contributed by atoms with Crippen molar-refractivity contribution in [1.29, 1.82) is 0 Å². The summed E-state index contributed by atoms with van der Waals surface area (Å²) in [6.07, 6.45) is 0.182. The molecule has 0 unspecified atom stereocenters. The lowest BCUT2D eigenvalue weighted by atomic mass is 10.0. The van der Waals surface area contributed by atoms with Gasteiger partial charge in [-0.15, -0.1) is 0 Å². The fraction of sp³-hybridized carbons (Fsp3) is 0.400. The first-order valence-corrected chi connectivity index (χ1v) is 12.2. The maximum absolute atomic E-state index is 13.1. The number of benzene rings is 2. The Balaban J connectivity index is 1.45. The first kappa shape index (κ1) is 24.1. The Kier molecular flexibility index (Phi) is 7.43. The van der Waals surface area contributed by atoms with E-state index >= 15 is 0 Å². The van der Waals surface area contributed by atoms with Gasteiger partial charge in [-0.2, -0.15) is 0 Å². The molecule has 180 valence electrons. The second kappa shape index (κ2) is 10.5. The van der Waals surface area contributed by atoms with Crippen LogP contribution in [0.15, 0.2) is 52.3 Å². The summed E-state index contributed by atoms with van der Waals surface area (Å²) >= 11 is 1.65.